The number of thiocarbonyl (C=S) groups is 1. The number of hydrogen-bond donors (Lipinski definition) is 2. The highest BCUT2D eigenvalue weighted by Gasteiger charge is 2.06. The van der Waals surface area contributed by atoms with Crippen LogP contribution in [-0.4, -0.2) is 31.3 Å². The van der Waals surface area contributed by atoms with Gasteiger partial charge in [0, 0.05) is 26.2 Å². The number of nitrogens with zero attached hydrogens (tertiary/aromatic N) is 4. The number of aromatic nitrogens is 4. The van der Waals surface area contributed by atoms with Gasteiger partial charge in [-0.15, -0.1) is 10.2 Å². The molecule has 2 heterocycles. The first kappa shape index (κ1) is 12.4. The van der Waals surface area contributed by atoms with Crippen molar-refractivity contribution < 1.29 is 0 Å². The van der Waals surface area contributed by atoms with E-state index in [1.54, 1.807) is 12.5 Å². The predicted molar refractivity (Wildman–Crippen MR) is 73.3 cm³/mol. The monoisotopic (exact) mass is 262 g/mol. The van der Waals surface area contributed by atoms with Gasteiger partial charge in [0.2, 0.25) is 0 Å². The second kappa shape index (κ2) is 5.54. The fraction of sp³-hybridized carbons (Fsp3) is 0.273. The molecule has 0 unspecified atom stereocenters. The van der Waals surface area contributed by atoms with Crippen LogP contribution in [0.1, 0.15) is 11.5 Å². The third kappa shape index (κ3) is 2.80. The van der Waals surface area contributed by atoms with Crippen LogP contribution in [0.15, 0.2) is 24.7 Å². The lowest BCUT2D eigenvalue weighted by Crippen LogP contribution is -2.16. The van der Waals surface area contributed by atoms with Crippen molar-refractivity contribution >= 4 is 22.9 Å². The molecular weight excluding hydrogens is 248 g/mol. The smallest absolute Gasteiger partial charge is 0.134 e. The summed E-state index contributed by atoms with van der Waals surface area (Å²) in [6, 6.07) is 3.74. The average molecular weight is 262 g/mol. The zero-order valence-electron chi connectivity index (χ0n) is 10.00. The number of nitrogens with one attached hydrogen (secondary N) is 1. The van der Waals surface area contributed by atoms with Gasteiger partial charge in [0.25, 0.3) is 0 Å². The molecule has 3 N–H and O–H groups in total. The van der Waals surface area contributed by atoms with E-state index in [0.717, 1.165) is 17.9 Å². The lowest BCUT2D eigenvalue weighted by molar-refractivity contribution is 0.788. The van der Waals surface area contributed by atoms with E-state index < -0.39 is 0 Å². The van der Waals surface area contributed by atoms with E-state index in [2.05, 4.69) is 20.5 Å². The van der Waals surface area contributed by atoms with Crippen molar-refractivity contribution in [2.45, 2.75) is 6.42 Å². The molecule has 18 heavy (non-hydrogen) atoms. The molecule has 2 aromatic heterocycles. The first-order chi connectivity index (χ1) is 8.68. The minimum absolute atomic E-state index is 0.289. The SMILES string of the molecule is Cn1cnnc1CCNc1cccnc1C(N)=S. The Morgan fingerprint density at radius 2 is 2.39 bits per heavy atom. The normalized spacial score (nSPS) is 10.3. The van der Waals surface area contributed by atoms with E-state index in [0.29, 0.717) is 12.2 Å². The van der Waals surface area contributed by atoms with Crippen LogP contribution in [-0.2, 0) is 13.5 Å². The van der Waals surface area contributed by atoms with Gasteiger partial charge in [-0.2, -0.15) is 0 Å². The van der Waals surface area contributed by atoms with Crippen LogP contribution in [0.25, 0.3) is 0 Å². The third-order valence-corrected chi connectivity index (χ3v) is 2.70. The molecule has 94 valence electrons. The highest BCUT2D eigenvalue weighted by molar-refractivity contribution is 7.80. The maximum absolute atomic E-state index is 5.61. The van der Waals surface area contributed by atoms with Crippen LogP contribution in [0.2, 0.25) is 0 Å². The number of anilines is 1. The van der Waals surface area contributed by atoms with E-state index in [4.69, 9.17) is 18.0 Å². The van der Waals surface area contributed by atoms with Crippen LogP contribution in [0.3, 0.4) is 0 Å². The van der Waals surface area contributed by atoms with Crippen molar-refractivity contribution in [2.24, 2.45) is 12.8 Å². The molecule has 0 atom stereocenters. The second-order valence-corrected chi connectivity index (χ2v) is 4.24. The van der Waals surface area contributed by atoms with Gasteiger partial charge in [-0.05, 0) is 12.1 Å². The van der Waals surface area contributed by atoms with E-state index in [1.807, 2.05) is 23.7 Å². The van der Waals surface area contributed by atoms with Gasteiger partial charge in [-0.3, -0.25) is 4.98 Å². The van der Waals surface area contributed by atoms with Gasteiger partial charge in [0.15, 0.2) is 0 Å². The Labute approximate surface area is 110 Å². The van der Waals surface area contributed by atoms with Gasteiger partial charge in [-0.25, -0.2) is 0 Å². The molecule has 0 saturated heterocycles. The Kier molecular flexibility index (Phi) is 3.83. The molecule has 6 nitrogen and oxygen atoms in total. The molecule has 0 aromatic carbocycles. The number of pyridine rings is 1. The highest BCUT2D eigenvalue weighted by atomic mass is 32.1. The van der Waals surface area contributed by atoms with Crippen LogP contribution in [0.4, 0.5) is 5.69 Å². The van der Waals surface area contributed by atoms with Crippen LogP contribution < -0.4 is 11.1 Å². The van der Waals surface area contributed by atoms with Gasteiger partial charge in [0.1, 0.15) is 22.8 Å². The second-order valence-electron chi connectivity index (χ2n) is 3.80. The van der Waals surface area contributed by atoms with Gasteiger partial charge >= 0.3 is 0 Å². The molecular formula is C11H14N6S. The van der Waals surface area contributed by atoms with Crippen molar-refractivity contribution in [2.75, 3.05) is 11.9 Å². The molecule has 0 spiro atoms. The fourth-order valence-corrected chi connectivity index (χ4v) is 1.75. The Balaban J connectivity index is 1.99. The fourth-order valence-electron chi connectivity index (χ4n) is 1.59. The van der Waals surface area contributed by atoms with Crippen molar-refractivity contribution in [3.63, 3.8) is 0 Å². The van der Waals surface area contributed by atoms with Crippen molar-refractivity contribution in [3.05, 3.63) is 36.2 Å². The zero-order chi connectivity index (χ0) is 13.0. The number of nitrogens with two attached hydrogens (primary N) is 1. The molecule has 2 rings (SSSR count). The van der Waals surface area contributed by atoms with Crippen LogP contribution in [0, 0.1) is 0 Å². The van der Waals surface area contributed by atoms with Crippen LogP contribution in [0.5, 0.6) is 0 Å². The summed E-state index contributed by atoms with van der Waals surface area (Å²) in [6.45, 7) is 0.716. The molecule has 0 aliphatic heterocycles. The molecule has 0 aliphatic carbocycles. The summed E-state index contributed by atoms with van der Waals surface area (Å²) in [5.74, 6) is 0.920. The molecule has 0 saturated carbocycles. The molecule has 0 fully saturated rings. The minimum Gasteiger partial charge on any atom is -0.388 e. The molecule has 0 radical (unpaired) electrons. The summed E-state index contributed by atoms with van der Waals surface area (Å²) in [5, 5.41) is 11.1. The van der Waals surface area contributed by atoms with Gasteiger partial charge in [-0.1, -0.05) is 12.2 Å². The van der Waals surface area contributed by atoms with E-state index in [9.17, 15) is 0 Å². The zero-order valence-corrected chi connectivity index (χ0v) is 10.8. The summed E-state index contributed by atoms with van der Waals surface area (Å²) >= 11 is 4.95. The Morgan fingerprint density at radius 1 is 1.56 bits per heavy atom. The Hall–Kier alpha value is -2.02. The number of rotatable bonds is 5. The largest absolute Gasteiger partial charge is 0.388 e. The lowest BCUT2D eigenvalue weighted by Gasteiger charge is -2.09. The van der Waals surface area contributed by atoms with Crippen molar-refractivity contribution in [1.29, 1.82) is 0 Å². The lowest BCUT2D eigenvalue weighted by atomic mass is 10.3. The number of hydrogen-bond acceptors (Lipinski definition) is 5. The molecule has 2 aromatic rings. The standard InChI is InChI=1S/C11H14N6S/c1-17-7-15-16-9(17)4-6-13-8-3-2-5-14-10(8)11(12)18/h2-3,5,7,13H,4,6H2,1H3,(H2,12,18). The predicted octanol–water partition coefficient (Wildman–Crippen LogP) is 0.499. The topological polar surface area (TPSA) is 81.7 Å². The molecule has 7 heteroatoms. The van der Waals surface area contributed by atoms with Gasteiger partial charge in [0.05, 0.1) is 5.69 Å². The first-order valence-electron chi connectivity index (χ1n) is 5.50. The molecule has 0 bridgehead atoms. The minimum atomic E-state index is 0.289. The molecule has 0 amide bonds. The Bertz CT molecular complexity index is 550. The van der Waals surface area contributed by atoms with E-state index in [-0.39, 0.29) is 4.99 Å². The Morgan fingerprint density at radius 3 is 3.06 bits per heavy atom. The van der Waals surface area contributed by atoms with Crippen molar-refractivity contribution in [3.8, 4) is 0 Å². The quantitative estimate of drug-likeness (QED) is 0.764. The summed E-state index contributed by atoms with van der Waals surface area (Å²) in [6.07, 6.45) is 4.12. The maximum Gasteiger partial charge on any atom is 0.134 e. The summed E-state index contributed by atoms with van der Waals surface area (Å²) in [7, 11) is 1.92. The average Bonchev–Trinajstić information content (AvgIpc) is 2.76. The maximum atomic E-state index is 5.61. The third-order valence-electron chi connectivity index (χ3n) is 2.51. The highest BCUT2D eigenvalue weighted by Crippen LogP contribution is 2.11. The molecule has 0 aliphatic rings. The van der Waals surface area contributed by atoms with E-state index >= 15 is 0 Å². The number of aryl methyl sites for hydroxylation is 1. The summed E-state index contributed by atoms with van der Waals surface area (Å²) < 4.78 is 1.89. The summed E-state index contributed by atoms with van der Waals surface area (Å²) in [5.41, 5.74) is 7.06. The van der Waals surface area contributed by atoms with Crippen molar-refractivity contribution in [1.82, 2.24) is 19.7 Å². The van der Waals surface area contributed by atoms with Crippen LogP contribution >= 0.6 is 12.2 Å². The van der Waals surface area contributed by atoms with E-state index in [1.165, 1.54) is 0 Å². The summed E-state index contributed by atoms with van der Waals surface area (Å²) in [4.78, 5) is 4.44. The first-order valence-corrected chi connectivity index (χ1v) is 5.91. The van der Waals surface area contributed by atoms with Gasteiger partial charge < -0.3 is 15.6 Å².